The molecule has 2 N–H and O–H groups in total. The zero-order valence-electron chi connectivity index (χ0n) is 10.3. The van der Waals surface area contributed by atoms with Crippen LogP contribution in [0.15, 0.2) is 28.4 Å². The number of thiazole rings is 1. The fourth-order valence-electron chi connectivity index (χ4n) is 1.56. The summed E-state index contributed by atoms with van der Waals surface area (Å²) < 4.78 is 37.9. The number of aromatic nitrogens is 1. The molecular formula is C12H8ClF3N2O2S. The van der Waals surface area contributed by atoms with Crippen molar-refractivity contribution < 1.29 is 18.0 Å². The number of amides is 1. The molecule has 0 aliphatic rings. The van der Waals surface area contributed by atoms with E-state index in [2.05, 4.69) is 10.3 Å². The lowest BCUT2D eigenvalue weighted by Gasteiger charge is -2.10. The van der Waals surface area contributed by atoms with Gasteiger partial charge in [-0.15, -0.1) is 0 Å². The predicted octanol–water partition coefficient (Wildman–Crippen LogP) is 3.04. The molecule has 0 spiro atoms. The van der Waals surface area contributed by atoms with Crippen molar-refractivity contribution in [2.45, 2.75) is 12.7 Å². The molecule has 0 unspecified atom stereocenters. The average molecular weight is 337 g/mol. The Bertz CT molecular complexity index is 724. The molecule has 9 heteroatoms. The Morgan fingerprint density at radius 3 is 2.62 bits per heavy atom. The van der Waals surface area contributed by atoms with E-state index in [0.29, 0.717) is 5.69 Å². The van der Waals surface area contributed by atoms with Crippen LogP contribution in [0.25, 0.3) is 0 Å². The first-order chi connectivity index (χ1) is 9.75. The molecule has 1 aromatic carbocycles. The molecule has 1 amide bonds. The molecule has 0 radical (unpaired) electrons. The smallest absolute Gasteiger partial charge is 0.346 e. The number of carbonyl (C=O) groups excluding carboxylic acids is 1. The molecule has 0 saturated carbocycles. The van der Waals surface area contributed by atoms with Crippen LogP contribution in [0.4, 0.5) is 13.2 Å². The molecule has 2 aromatic rings. The molecule has 1 heterocycles. The number of hydrogen-bond acceptors (Lipinski definition) is 3. The van der Waals surface area contributed by atoms with Gasteiger partial charge in [0.1, 0.15) is 0 Å². The SMILES string of the molecule is O=C(NCc1csc(=O)[nH]1)c1cc(Cl)cc(C(F)(F)F)c1. The van der Waals surface area contributed by atoms with E-state index >= 15 is 0 Å². The highest BCUT2D eigenvalue weighted by atomic mass is 35.5. The third kappa shape index (κ3) is 4.08. The van der Waals surface area contributed by atoms with E-state index in [1.807, 2.05) is 0 Å². The summed E-state index contributed by atoms with van der Waals surface area (Å²) in [4.78, 5) is 24.9. The lowest BCUT2D eigenvalue weighted by atomic mass is 10.1. The summed E-state index contributed by atoms with van der Waals surface area (Å²) in [5.41, 5.74) is -0.729. The summed E-state index contributed by atoms with van der Waals surface area (Å²) in [7, 11) is 0. The van der Waals surface area contributed by atoms with Crippen LogP contribution >= 0.6 is 22.9 Å². The van der Waals surface area contributed by atoms with Gasteiger partial charge in [0, 0.05) is 21.7 Å². The van der Waals surface area contributed by atoms with E-state index in [9.17, 15) is 22.8 Å². The van der Waals surface area contributed by atoms with Crippen LogP contribution in [0, 0.1) is 0 Å². The molecule has 0 atom stereocenters. The minimum atomic E-state index is -4.58. The van der Waals surface area contributed by atoms with Crippen molar-refractivity contribution in [2.24, 2.45) is 0 Å². The van der Waals surface area contributed by atoms with Gasteiger partial charge in [-0.1, -0.05) is 22.9 Å². The molecule has 2 rings (SSSR count). The van der Waals surface area contributed by atoms with Gasteiger partial charge in [-0.05, 0) is 18.2 Å². The number of hydrogen-bond donors (Lipinski definition) is 2. The largest absolute Gasteiger partial charge is 0.416 e. The molecule has 21 heavy (non-hydrogen) atoms. The van der Waals surface area contributed by atoms with E-state index in [4.69, 9.17) is 11.6 Å². The van der Waals surface area contributed by atoms with Crippen molar-refractivity contribution in [2.75, 3.05) is 0 Å². The Kier molecular flexibility index (Phi) is 4.38. The number of halogens is 4. The normalized spacial score (nSPS) is 11.4. The van der Waals surface area contributed by atoms with Crippen LogP contribution in [0.1, 0.15) is 21.6 Å². The summed E-state index contributed by atoms with van der Waals surface area (Å²) in [6, 6.07) is 2.61. The molecular weight excluding hydrogens is 329 g/mol. The van der Waals surface area contributed by atoms with Crippen molar-refractivity contribution in [3.63, 3.8) is 0 Å². The highest BCUT2D eigenvalue weighted by molar-refractivity contribution is 7.07. The molecule has 4 nitrogen and oxygen atoms in total. The van der Waals surface area contributed by atoms with Gasteiger partial charge in [0.15, 0.2) is 0 Å². The van der Waals surface area contributed by atoms with Crippen LogP contribution in [0.5, 0.6) is 0 Å². The maximum Gasteiger partial charge on any atom is 0.416 e. The van der Waals surface area contributed by atoms with Crippen molar-refractivity contribution in [3.05, 3.63) is 55.1 Å². The fraction of sp³-hybridized carbons (Fsp3) is 0.167. The summed E-state index contributed by atoms with van der Waals surface area (Å²) in [5, 5.41) is 3.74. The molecule has 0 aliphatic carbocycles. The second-order valence-electron chi connectivity index (χ2n) is 4.08. The van der Waals surface area contributed by atoms with Gasteiger partial charge in [0.25, 0.3) is 5.91 Å². The first-order valence-electron chi connectivity index (χ1n) is 5.58. The van der Waals surface area contributed by atoms with Crippen LogP contribution in [-0.2, 0) is 12.7 Å². The van der Waals surface area contributed by atoms with Gasteiger partial charge in [-0.3, -0.25) is 9.59 Å². The van der Waals surface area contributed by atoms with Crippen LogP contribution in [-0.4, -0.2) is 10.9 Å². The Hall–Kier alpha value is -1.80. The molecule has 0 bridgehead atoms. The highest BCUT2D eigenvalue weighted by Gasteiger charge is 2.31. The van der Waals surface area contributed by atoms with E-state index in [1.165, 1.54) is 5.38 Å². The maximum atomic E-state index is 12.6. The number of nitrogens with one attached hydrogen (secondary N) is 2. The zero-order chi connectivity index (χ0) is 15.6. The summed E-state index contributed by atoms with van der Waals surface area (Å²) >= 11 is 6.52. The number of H-pyrrole nitrogens is 1. The highest BCUT2D eigenvalue weighted by Crippen LogP contribution is 2.31. The van der Waals surface area contributed by atoms with Gasteiger partial charge in [-0.2, -0.15) is 13.2 Å². The lowest BCUT2D eigenvalue weighted by Crippen LogP contribution is -2.23. The first-order valence-corrected chi connectivity index (χ1v) is 6.84. The second-order valence-corrected chi connectivity index (χ2v) is 5.36. The molecule has 0 aliphatic heterocycles. The number of carbonyl (C=O) groups is 1. The molecule has 0 saturated heterocycles. The van der Waals surface area contributed by atoms with Crippen molar-refractivity contribution in [1.29, 1.82) is 0 Å². The number of rotatable bonds is 3. The summed E-state index contributed by atoms with van der Waals surface area (Å²) in [6.45, 7) is 0.00539. The Labute approximate surface area is 125 Å². The Morgan fingerprint density at radius 1 is 1.33 bits per heavy atom. The van der Waals surface area contributed by atoms with Gasteiger partial charge in [-0.25, -0.2) is 0 Å². The van der Waals surface area contributed by atoms with Crippen molar-refractivity contribution in [1.82, 2.24) is 10.3 Å². The average Bonchev–Trinajstić information content (AvgIpc) is 2.80. The van der Waals surface area contributed by atoms with Crippen molar-refractivity contribution >= 4 is 28.8 Å². The topological polar surface area (TPSA) is 62.0 Å². The van der Waals surface area contributed by atoms with Crippen LogP contribution in [0.3, 0.4) is 0 Å². The van der Waals surface area contributed by atoms with Crippen LogP contribution < -0.4 is 10.2 Å². The lowest BCUT2D eigenvalue weighted by molar-refractivity contribution is -0.137. The van der Waals surface area contributed by atoms with E-state index < -0.39 is 17.6 Å². The van der Waals surface area contributed by atoms with Gasteiger partial charge >= 0.3 is 11.0 Å². The third-order valence-corrected chi connectivity index (χ3v) is 3.43. The minimum Gasteiger partial charge on any atom is -0.346 e. The molecule has 1 aromatic heterocycles. The van der Waals surface area contributed by atoms with Gasteiger partial charge in [0.05, 0.1) is 12.1 Å². The monoisotopic (exact) mass is 336 g/mol. The molecule has 0 fully saturated rings. The quantitative estimate of drug-likeness (QED) is 0.905. The standard InChI is InChI=1S/C12H8ClF3N2O2S/c13-8-2-6(1-7(3-8)12(14,15)16)10(19)17-4-9-5-21-11(20)18-9/h1-3,5H,4H2,(H,17,19)(H,18,20). The van der Waals surface area contributed by atoms with E-state index in [1.54, 1.807) is 0 Å². The summed E-state index contributed by atoms with van der Waals surface area (Å²) in [5.74, 6) is -0.713. The Balaban J connectivity index is 2.15. The third-order valence-electron chi connectivity index (χ3n) is 2.50. The summed E-state index contributed by atoms with van der Waals surface area (Å²) in [6.07, 6.45) is -4.58. The first kappa shape index (κ1) is 15.6. The van der Waals surface area contributed by atoms with Gasteiger partial charge in [0.2, 0.25) is 0 Å². The fourth-order valence-corrected chi connectivity index (χ4v) is 2.38. The zero-order valence-corrected chi connectivity index (χ0v) is 11.8. The van der Waals surface area contributed by atoms with E-state index in [0.717, 1.165) is 29.5 Å². The molecule has 112 valence electrons. The van der Waals surface area contributed by atoms with E-state index in [-0.39, 0.29) is 22.0 Å². The van der Waals surface area contributed by atoms with Crippen molar-refractivity contribution in [3.8, 4) is 0 Å². The maximum absolute atomic E-state index is 12.6. The number of aromatic amines is 1. The predicted molar refractivity (Wildman–Crippen MR) is 72.6 cm³/mol. The number of alkyl halides is 3. The Morgan fingerprint density at radius 2 is 2.05 bits per heavy atom. The van der Waals surface area contributed by atoms with Gasteiger partial charge < -0.3 is 10.3 Å². The number of benzene rings is 1. The second kappa shape index (κ2) is 5.90. The minimum absolute atomic E-state index is 0.00539. The van der Waals surface area contributed by atoms with Crippen LogP contribution in [0.2, 0.25) is 5.02 Å².